The monoisotopic (exact) mass is 436 g/mol. The predicted octanol–water partition coefficient (Wildman–Crippen LogP) is 7.18. The molecule has 0 bridgehead atoms. The Morgan fingerprint density at radius 3 is 2.48 bits per heavy atom. The van der Waals surface area contributed by atoms with Crippen LogP contribution in [0.15, 0.2) is 35.5 Å². The first-order chi connectivity index (χ1) is 14.4. The van der Waals surface area contributed by atoms with Crippen molar-refractivity contribution in [3.05, 3.63) is 35.5 Å². The van der Waals surface area contributed by atoms with Gasteiger partial charge in [0.05, 0.1) is 0 Å². The maximum Gasteiger partial charge on any atom is 0.252 e. The summed E-state index contributed by atoms with van der Waals surface area (Å²) >= 11 is 0. The number of halogens is 2. The van der Waals surface area contributed by atoms with Gasteiger partial charge >= 0.3 is 0 Å². The van der Waals surface area contributed by atoms with Crippen molar-refractivity contribution in [3.63, 3.8) is 0 Å². The zero-order valence-electron chi connectivity index (χ0n) is 19.9. The maximum absolute atomic E-state index is 15.4. The van der Waals surface area contributed by atoms with Crippen LogP contribution in [-0.2, 0) is 0 Å². The average molecular weight is 437 g/mol. The second-order valence-corrected chi connectivity index (χ2v) is 11.4. The van der Waals surface area contributed by atoms with Crippen molar-refractivity contribution in [3.8, 4) is 0 Å². The second-order valence-electron chi connectivity index (χ2n) is 11.4. The van der Waals surface area contributed by atoms with Crippen LogP contribution in [0.5, 0.6) is 0 Å². The fraction of sp³-hybridized carbons (Fsp3) is 0.778. The van der Waals surface area contributed by atoms with Crippen LogP contribution in [-0.4, -0.2) is 21.9 Å². The van der Waals surface area contributed by atoms with Gasteiger partial charge in [-0.1, -0.05) is 76.8 Å². The molecule has 3 saturated carbocycles. The molecule has 0 amide bonds. The number of hydrogen-bond acceptors (Lipinski definition) is 2. The van der Waals surface area contributed by atoms with E-state index in [2.05, 4.69) is 27.4 Å². The van der Waals surface area contributed by atoms with Gasteiger partial charge in [0.15, 0.2) is 5.79 Å². The minimum absolute atomic E-state index is 0.0176. The van der Waals surface area contributed by atoms with E-state index in [0.29, 0.717) is 18.8 Å². The normalized spacial score (nSPS) is 36.2. The molecule has 2 N–H and O–H groups in total. The standard InChI is InChI=1S/C27H42F2O2/c1-18(2)8-6-9-20(4)24-25(5)14-7-10-21(23(25)17-27(24,28)29)11-12-22-16-26(30,31)15-13-19(22)3/h11-12,18,20,23-24,30-31H,3,6-10,13-17H2,1-2,4-5H3/b21-11+,22-12-/t20-,23+,24-,25-/m1/s1. The number of allylic oxidation sites excluding steroid dienone is 4. The number of fused-ring (bicyclic) bond motifs is 1. The van der Waals surface area contributed by atoms with Crippen LogP contribution in [0, 0.1) is 29.1 Å². The molecule has 0 spiro atoms. The Morgan fingerprint density at radius 1 is 1.10 bits per heavy atom. The summed E-state index contributed by atoms with van der Waals surface area (Å²) in [4.78, 5) is 0. The fourth-order valence-electron chi connectivity index (χ4n) is 6.76. The molecule has 0 aliphatic heterocycles. The van der Waals surface area contributed by atoms with Crippen LogP contribution in [0.3, 0.4) is 0 Å². The quantitative estimate of drug-likeness (QED) is 0.433. The first-order valence-electron chi connectivity index (χ1n) is 12.3. The first-order valence-corrected chi connectivity index (χ1v) is 12.3. The van der Waals surface area contributed by atoms with E-state index in [1.165, 1.54) is 0 Å². The number of rotatable bonds is 6. The minimum Gasteiger partial charge on any atom is -0.365 e. The van der Waals surface area contributed by atoms with E-state index < -0.39 is 17.6 Å². The summed E-state index contributed by atoms with van der Waals surface area (Å²) in [6.45, 7) is 12.6. The molecule has 3 aliphatic carbocycles. The number of aliphatic hydroxyl groups is 2. The molecular weight excluding hydrogens is 394 g/mol. The molecule has 0 aromatic heterocycles. The van der Waals surface area contributed by atoms with Gasteiger partial charge in [-0.3, -0.25) is 0 Å². The van der Waals surface area contributed by atoms with Crippen molar-refractivity contribution in [2.45, 2.75) is 104 Å². The molecular formula is C27H42F2O2. The van der Waals surface area contributed by atoms with Gasteiger partial charge in [-0.15, -0.1) is 0 Å². The molecule has 0 heterocycles. The van der Waals surface area contributed by atoms with E-state index in [-0.39, 0.29) is 30.1 Å². The van der Waals surface area contributed by atoms with Gasteiger partial charge in [-0.2, -0.15) is 0 Å². The summed E-state index contributed by atoms with van der Waals surface area (Å²) < 4.78 is 30.8. The van der Waals surface area contributed by atoms with E-state index in [1.54, 1.807) is 0 Å². The molecule has 0 saturated heterocycles. The Kier molecular flexibility index (Phi) is 7.23. The first kappa shape index (κ1) is 24.6. The summed E-state index contributed by atoms with van der Waals surface area (Å²) in [6.07, 6.45) is 10.5. The van der Waals surface area contributed by atoms with Gasteiger partial charge < -0.3 is 10.2 Å². The van der Waals surface area contributed by atoms with Gasteiger partial charge in [-0.05, 0) is 54.4 Å². The van der Waals surface area contributed by atoms with Crippen molar-refractivity contribution >= 4 is 0 Å². The van der Waals surface area contributed by atoms with Crippen molar-refractivity contribution in [2.24, 2.45) is 29.1 Å². The van der Waals surface area contributed by atoms with Gasteiger partial charge in [0.2, 0.25) is 0 Å². The lowest BCUT2D eigenvalue weighted by Gasteiger charge is -2.44. The molecule has 0 radical (unpaired) electrons. The predicted molar refractivity (Wildman–Crippen MR) is 123 cm³/mol. The average Bonchev–Trinajstić information content (AvgIpc) is 2.87. The van der Waals surface area contributed by atoms with E-state index in [9.17, 15) is 10.2 Å². The van der Waals surface area contributed by atoms with Gasteiger partial charge in [0.25, 0.3) is 5.92 Å². The third-order valence-electron chi connectivity index (χ3n) is 8.33. The van der Waals surface area contributed by atoms with Crippen molar-refractivity contribution in [1.29, 1.82) is 0 Å². The third-order valence-corrected chi connectivity index (χ3v) is 8.33. The van der Waals surface area contributed by atoms with Crippen molar-refractivity contribution in [2.75, 3.05) is 0 Å². The lowest BCUT2D eigenvalue weighted by atomic mass is 9.60. The molecule has 0 aromatic carbocycles. The second kappa shape index (κ2) is 9.09. The highest BCUT2D eigenvalue weighted by molar-refractivity contribution is 5.37. The van der Waals surface area contributed by atoms with Crippen LogP contribution in [0.25, 0.3) is 0 Å². The Bertz CT molecular complexity index is 734. The highest BCUT2D eigenvalue weighted by Crippen LogP contribution is 2.65. The summed E-state index contributed by atoms with van der Waals surface area (Å²) in [5, 5.41) is 20.0. The molecule has 176 valence electrons. The topological polar surface area (TPSA) is 40.5 Å². The van der Waals surface area contributed by atoms with Crippen LogP contribution in [0.1, 0.15) is 91.9 Å². The van der Waals surface area contributed by atoms with Crippen LogP contribution >= 0.6 is 0 Å². The van der Waals surface area contributed by atoms with E-state index in [1.807, 2.05) is 19.1 Å². The SMILES string of the molecule is C=C1CCC(O)(O)C/C1=C/C=C1\CCC[C@]2(C)[C@H]1CC(F)(F)[C@@H]2[C@H](C)CCCC(C)C. The van der Waals surface area contributed by atoms with E-state index in [4.69, 9.17) is 0 Å². The Hall–Kier alpha value is -1.00. The zero-order valence-corrected chi connectivity index (χ0v) is 19.9. The number of hydrogen-bond donors (Lipinski definition) is 2. The lowest BCUT2D eigenvalue weighted by Crippen LogP contribution is -2.40. The molecule has 2 nitrogen and oxygen atoms in total. The molecule has 4 atom stereocenters. The molecule has 31 heavy (non-hydrogen) atoms. The molecule has 3 fully saturated rings. The summed E-state index contributed by atoms with van der Waals surface area (Å²) in [7, 11) is 0. The van der Waals surface area contributed by atoms with Gasteiger partial charge in [0, 0.05) is 25.2 Å². The third kappa shape index (κ3) is 5.33. The highest BCUT2D eigenvalue weighted by atomic mass is 19.3. The Balaban J connectivity index is 1.82. The number of alkyl halides is 2. The molecule has 0 unspecified atom stereocenters. The van der Waals surface area contributed by atoms with Gasteiger partial charge in [0.1, 0.15) is 0 Å². The molecule has 3 aliphatic rings. The molecule has 0 aromatic rings. The van der Waals surface area contributed by atoms with Crippen LogP contribution in [0.4, 0.5) is 8.78 Å². The zero-order chi connectivity index (χ0) is 23.0. The smallest absolute Gasteiger partial charge is 0.252 e. The van der Waals surface area contributed by atoms with Gasteiger partial charge in [-0.25, -0.2) is 8.78 Å². The Morgan fingerprint density at radius 2 is 1.81 bits per heavy atom. The summed E-state index contributed by atoms with van der Waals surface area (Å²) in [5.74, 6) is -4.36. The van der Waals surface area contributed by atoms with Crippen molar-refractivity contribution < 1.29 is 19.0 Å². The molecule has 4 heteroatoms. The van der Waals surface area contributed by atoms with Crippen LogP contribution < -0.4 is 0 Å². The minimum atomic E-state index is -2.63. The van der Waals surface area contributed by atoms with E-state index in [0.717, 1.165) is 55.2 Å². The van der Waals surface area contributed by atoms with E-state index >= 15 is 8.78 Å². The lowest BCUT2D eigenvalue weighted by molar-refractivity contribution is -0.166. The largest absolute Gasteiger partial charge is 0.365 e. The van der Waals surface area contributed by atoms with Crippen molar-refractivity contribution in [1.82, 2.24) is 0 Å². The summed E-state index contributed by atoms with van der Waals surface area (Å²) in [5.41, 5.74) is 2.49. The fourth-order valence-corrected chi connectivity index (χ4v) is 6.76. The maximum atomic E-state index is 15.4. The van der Waals surface area contributed by atoms with Crippen LogP contribution in [0.2, 0.25) is 0 Å². The Labute approximate surface area is 187 Å². The highest BCUT2D eigenvalue weighted by Gasteiger charge is 2.63. The molecule has 3 rings (SSSR count). The summed E-state index contributed by atoms with van der Waals surface area (Å²) in [6, 6.07) is 0.